The summed E-state index contributed by atoms with van der Waals surface area (Å²) in [6, 6.07) is 6.93. The second-order valence-electron chi connectivity index (χ2n) is 7.06. The average Bonchev–Trinajstić information content (AvgIpc) is 2.62. The van der Waals surface area contributed by atoms with E-state index in [-0.39, 0.29) is 23.3 Å². The summed E-state index contributed by atoms with van der Waals surface area (Å²) in [7, 11) is -1.12. The van der Waals surface area contributed by atoms with Crippen molar-refractivity contribution < 1.29 is 18.0 Å². The second kappa shape index (κ2) is 7.36. The topological polar surface area (TPSA) is 78.0 Å². The molecule has 2 heterocycles. The number of carbonyl (C=O) groups excluding carboxylic acids is 2. The third kappa shape index (κ3) is 4.07. The van der Waals surface area contributed by atoms with Gasteiger partial charge in [-0.25, -0.2) is 8.42 Å². The molecule has 2 fully saturated rings. The number of hydrogen-bond donors (Lipinski definition) is 0. The van der Waals surface area contributed by atoms with E-state index in [4.69, 9.17) is 0 Å². The van der Waals surface area contributed by atoms with Crippen LogP contribution in [0.1, 0.15) is 22.8 Å². The lowest BCUT2D eigenvalue weighted by Crippen LogP contribution is -2.56. The van der Waals surface area contributed by atoms with E-state index in [1.165, 1.54) is 0 Å². The van der Waals surface area contributed by atoms with Gasteiger partial charge in [-0.3, -0.25) is 14.5 Å². The molecule has 2 aliphatic rings. The number of amides is 2. The van der Waals surface area contributed by atoms with Crippen LogP contribution >= 0.6 is 0 Å². The Morgan fingerprint density at radius 3 is 2.31 bits per heavy atom. The lowest BCUT2D eigenvalue weighted by Gasteiger charge is -2.37. The van der Waals surface area contributed by atoms with Crippen LogP contribution in [-0.2, 0) is 21.2 Å². The van der Waals surface area contributed by atoms with Crippen molar-refractivity contribution in [1.29, 1.82) is 0 Å². The van der Waals surface area contributed by atoms with Crippen molar-refractivity contribution in [2.75, 3.05) is 44.7 Å². The lowest BCUT2D eigenvalue weighted by molar-refractivity contribution is -0.137. The van der Waals surface area contributed by atoms with Gasteiger partial charge in [-0.2, -0.15) is 0 Å². The van der Waals surface area contributed by atoms with Crippen LogP contribution in [0.15, 0.2) is 24.3 Å². The molecule has 7 nitrogen and oxygen atoms in total. The van der Waals surface area contributed by atoms with Gasteiger partial charge in [0.2, 0.25) is 5.91 Å². The molecule has 0 aromatic heterocycles. The zero-order valence-electron chi connectivity index (χ0n) is 15.2. The summed E-state index contributed by atoms with van der Waals surface area (Å²) in [4.78, 5) is 30.2. The molecule has 142 valence electrons. The van der Waals surface area contributed by atoms with E-state index in [0.29, 0.717) is 38.3 Å². The van der Waals surface area contributed by atoms with Gasteiger partial charge < -0.3 is 9.80 Å². The van der Waals surface area contributed by atoms with E-state index in [1.54, 1.807) is 35.9 Å². The summed E-state index contributed by atoms with van der Waals surface area (Å²) < 4.78 is 23.0. The van der Waals surface area contributed by atoms with Crippen molar-refractivity contribution in [3.63, 3.8) is 0 Å². The summed E-state index contributed by atoms with van der Waals surface area (Å²) in [6.07, 6.45) is 0. The zero-order valence-corrected chi connectivity index (χ0v) is 16.0. The number of piperazine rings is 1. The minimum absolute atomic E-state index is 0.0405. The Morgan fingerprint density at radius 1 is 1.08 bits per heavy atom. The van der Waals surface area contributed by atoms with E-state index in [0.717, 1.165) is 5.56 Å². The summed E-state index contributed by atoms with van der Waals surface area (Å²) >= 11 is 0. The molecule has 2 amide bonds. The molecule has 1 aromatic rings. The van der Waals surface area contributed by atoms with Crippen molar-refractivity contribution in [2.24, 2.45) is 0 Å². The van der Waals surface area contributed by atoms with Gasteiger partial charge in [0.1, 0.15) is 6.04 Å². The molecule has 26 heavy (non-hydrogen) atoms. The zero-order chi connectivity index (χ0) is 18.9. The van der Waals surface area contributed by atoms with Crippen LogP contribution in [0.2, 0.25) is 0 Å². The van der Waals surface area contributed by atoms with E-state index in [1.807, 2.05) is 12.1 Å². The van der Waals surface area contributed by atoms with Gasteiger partial charge in [-0.15, -0.1) is 0 Å². The summed E-state index contributed by atoms with van der Waals surface area (Å²) in [5.74, 6) is 0.244. The fourth-order valence-corrected chi connectivity index (χ4v) is 4.65. The number of likely N-dealkylation sites (N-methyl/N-ethyl adjacent to an activating group) is 1. The molecular weight excluding hydrogens is 354 g/mol. The smallest absolute Gasteiger partial charge is 0.254 e. The highest BCUT2D eigenvalue weighted by Crippen LogP contribution is 2.16. The minimum atomic E-state index is -2.87. The highest BCUT2D eigenvalue weighted by Gasteiger charge is 2.32. The van der Waals surface area contributed by atoms with Gasteiger partial charge in [0.15, 0.2) is 9.84 Å². The van der Waals surface area contributed by atoms with Crippen LogP contribution in [0.3, 0.4) is 0 Å². The number of benzene rings is 1. The molecule has 0 radical (unpaired) electrons. The third-order valence-corrected chi connectivity index (χ3v) is 6.79. The predicted octanol–water partition coefficient (Wildman–Crippen LogP) is 0.220. The van der Waals surface area contributed by atoms with E-state index >= 15 is 0 Å². The molecule has 0 unspecified atom stereocenters. The van der Waals surface area contributed by atoms with Crippen LogP contribution < -0.4 is 0 Å². The summed E-state index contributed by atoms with van der Waals surface area (Å²) in [6.45, 7) is 4.60. The SMILES string of the molecule is C[C@@H]1C(=O)N(C)CCN1C(=O)c1ccc(CN2CCS(=O)(=O)CC2)cc1. The van der Waals surface area contributed by atoms with Crippen LogP contribution in [0.4, 0.5) is 0 Å². The van der Waals surface area contributed by atoms with E-state index in [9.17, 15) is 18.0 Å². The van der Waals surface area contributed by atoms with Crippen molar-refractivity contribution in [3.8, 4) is 0 Å². The molecule has 1 aromatic carbocycles. The highest BCUT2D eigenvalue weighted by atomic mass is 32.2. The fourth-order valence-electron chi connectivity index (χ4n) is 3.38. The van der Waals surface area contributed by atoms with Crippen LogP contribution in [-0.4, -0.2) is 85.7 Å². The maximum Gasteiger partial charge on any atom is 0.254 e. The molecule has 0 N–H and O–H groups in total. The lowest BCUT2D eigenvalue weighted by atomic mass is 10.1. The second-order valence-corrected chi connectivity index (χ2v) is 9.36. The first kappa shape index (κ1) is 18.8. The Bertz CT molecular complexity index is 777. The first-order valence-electron chi connectivity index (χ1n) is 8.84. The summed E-state index contributed by atoms with van der Waals surface area (Å²) in [5, 5.41) is 0. The number of nitrogens with zero attached hydrogens (tertiary/aromatic N) is 3. The number of rotatable bonds is 3. The van der Waals surface area contributed by atoms with Crippen molar-refractivity contribution >= 4 is 21.7 Å². The average molecular weight is 379 g/mol. The van der Waals surface area contributed by atoms with Gasteiger partial charge in [0, 0.05) is 45.3 Å². The third-order valence-electron chi connectivity index (χ3n) is 5.18. The molecular formula is C18H25N3O4S. The number of carbonyl (C=O) groups is 2. The fraction of sp³-hybridized carbons (Fsp3) is 0.556. The highest BCUT2D eigenvalue weighted by molar-refractivity contribution is 7.91. The maximum atomic E-state index is 12.7. The molecule has 0 bridgehead atoms. The standard InChI is InChI=1S/C18H25N3O4S/c1-14-17(22)19(2)7-8-21(14)18(23)16-5-3-15(4-6-16)13-20-9-11-26(24,25)12-10-20/h3-6,14H,7-13H2,1-2H3/t14-/m1/s1. The Kier molecular flexibility index (Phi) is 5.34. The molecule has 1 atom stereocenters. The molecule has 3 rings (SSSR count). The van der Waals surface area contributed by atoms with Gasteiger partial charge in [0.25, 0.3) is 5.91 Å². The monoisotopic (exact) mass is 379 g/mol. The Labute approximate surface area is 154 Å². The van der Waals surface area contributed by atoms with E-state index in [2.05, 4.69) is 4.90 Å². The van der Waals surface area contributed by atoms with Crippen molar-refractivity contribution in [2.45, 2.75) is 19.5 Å². The number of hydrogen-bond acceptors (Lipinski definition) is 5. The normalized spacial score (nSPS) is 23.9. The van der Waals surface area contributed by atoms with Crippen LogP contribution in [0.5, 0.6) is 0 Å². The van der Waals surface area contributed by atoms with E-state index < -0.39 is 15.9 Å². The molecule has 2 aliphatic heterocycles. The summed E-state index contributed by atoms with van der Waals surface area (Å²) in [5.41, 5.74) is 1.61. The first-order chi connectivity index (χ1) is 12.3. The Hall–Kier alpha value is -1.93. The Balaban J connectivity index is 1.62. The Morgan fingerprint density at radius 2 is 1.69 bits per heavy atom. The van der Waals surface area contributed by atoms with Gasteiger partial charge in [-0.1, -0.05) is 12.1 Å². The minimum Gasteiger partial charge on any atom is -0.342 e. The van der Waals surface area contributed by atoms with Crippen LogP contribution in [0, 0.1) is 0 Å². The van der Waals surface area contributed by atoms with Crippen LogP contribution in [0.25, 0.3) is 0 Å². The molecule has 8 heteroatoms. The molecule has 0 saturated carbocycles. The molecule has 2 saturated heterocycles. The maximum absolute atomic E-state index is 12.7. The number of sulfone groups is 1. The van der Waals surface area contributed by atoms with Gasteiger partial charge >= 0.3 is 0 Å². The van der Waals surface area contributed by atoms with Gasteiger partial charge in [-0.05, 0) is 24.6 Å². The van der Waals surface area contributed by atoms with Crippen molar-refractivity contribution in [1.82, 2.24) is 14.7 Å². The predicted molar refractivity (Wildman–Crippen MR) is 98.5 cm³/mol. The molecule has 0 spiro atoms. The first-order valence-corrected chi connectivity index (χ1v) is 10.7. The van der Waals surface area contributed by atoms with Gasteiger partial charge in [0.05, 0.1) is 11.5 Å². The quantitative estimate of drug-likeness (QED) is 0.751. The molecule has 0 aliphatic carbocycles. The largest absolute Gasteiger partial charge is 0.342 e. The van der Waals surface area contributed by atoms with Crippen molar-refractivity contribution in [3.05, 3.63) is 35.4 Å².